The number of fused-ring (bicyclic) bond motifs is 1. The molecule has 1 aromatic carbocycles. The summed E-state index contributed by atoms with van der Waals surface area (Å²) in [5, 5.41) is 10.6. The van der Waals surface area contributed by atoms with Gasteiger partial charge in [-0.2, -0.15) is 0 Å². The van der Waals surface area contributed by atoms with Crippen LogP contribution >= 0.6 is 0 Å². The van der Waals surface area contributed by atoms with Crippen molar-refractivity contribution in [3.05, 3.63) is 35.4 Å². The first-order valence-electron chi connectivity index (χ1n) is 9.35. The molecule has 0 bridgehead atoms. The largest absolute Gasteiger partial charge is 0.387 e. The van der Waals surface area contributed by atoms with Crippen LogP contribution in [-0.2, 0) is 6.42 Å². The van der Waals surface area contributed by atoms with Gasteiger partial charge in [0.2, 0.25) is 0 Å². The summed E-state index contributed by atoms with van der Waals surface area (Å²) in [6.45, 7) is 10.0. The fourth-order valence-electron chi connectivity index (χ4n) is 4.15. The summed E-state index contributed by atoms with van der Waals surface area (Å²) in [6, 6.07) is 9.31. The van der Waals surface area contributed by atoms with Crippen molar-refractivity contribution in [2.75, 3.05) is 32.7 Å². The lowest BCUT2D eigenvalue weighted by molar-refractivity contribution is 0.108. The predicted molar refractivity (Wildman–Crippen MR) is 95.6 cm³/mol. The van der Waals surface area contributed by atoms with Crippen molar-refractivity contribution in [1.82, 2.24) is 9.80 Å². The molecule has 2 heterocycles. The molecule has 23 heavy (non-hydrogen) atoms. The number of hydrogen-bond acceptors (Lipinski definition) is 3. The van der Waals surface area contributed by atoms with Crippen molar-refractivity contribution in [2.24, 2.45) is 5.92 Å². The molecule has 0 amide bonds. The number of rotatable bonds is 5. The molecule has 0 aromatic heterocycles. The standard InChI is InChI=1S/C20H32N2O/c1-16(2)13-17-6-8-18(9-7-17)20(23)15-21-10-4-12-22-11-3-5-19(22)14-21/h6-9,16,19-20,23H,3-5,10-15H2,1-2H3. The Kier molecular flexibility index (Phi) is 5.73. The van der Waals surface area contributed by atoms with Gasteiger partial charge in [0.05, 0.1) is 6.10 Å². The summed E-state index contributed by atoms with van der Waals surface area (Å²) < 4.78 is 0. The topological polar surface area (TPSA) is 26.7 Å². The summed E-state index contributed by atoms with van der Waals surface area (Å²) in [4.78, 5) is 5.12. The van der Waals surface area contributed by atoms with Gasteiger partial charge in [0.25, 0.3) is 0 Å². The molecule has 2 unspecified atom stereocenters. The van der Waals surface area contributed by atoms with E-state index in [-0.39, 0.29) is 6.10 Å². The van der Waals surface area contributed by atoms with Crippen LogP contribution in [0.5, 0.6) is 0 Å². The Balaban J connectivity index is 1.56. The van der Waals surface area contributed by atoms with Gasteiger partial charge in [-0.25, -0.2) is 0 Å². The Morgan fingerprint density at radius 2 is 1.83 bits per heavy atom. The van der Waals surface area contributed by atoms with Crippen molar-refractivity contribution in [3.63, 3.8) is 0 Å². The van der Waals surface area contributed by atoms with E-state index in [2.05, 4.69) is 47.9 Å². The van der Waals surface area contributed by atoms with Gasteiger partial charge in [0.15, 0.2) is 0 Å². The number of nitrogens with zero attached hydrogens (tertiary/aromatic N) is 2. The molecule has 3 nitrogen and oxygen atoms in total. The molecular weight excluding hydrogens is 284 g/mol. The van der Waals surface area contributed by atoms with Gasteiger partial charge in [-0.05, 0) is 62.4 Å². The van der Waals surface area contributed by atoms with E-state index in [9.17, 15) is 5.11 Å². The molecule has 0 radical (unpaired) electrons. The predicted octanol–water partition coefficient (Wildman–Crippen LogP) is 3.09. The Bertz CT molecular complexity index is 485. The molecule has 2 aliphatic rings. The monoisotopic (exact) mass is 316 g/mol. The highest BCUT2D eigenvalue weighted by molar-refractivity contribution is 5.24. The Labute approximate surface area is 141 Å². The number of β-amino-alcohol motifs (C(OH)–C–C–N with tert-alkyl or cyclic N) is 1. The number of benzene rings is 1. The summed E-state index contributed by atoms with van der Waals surface area (Å²) >= 11 is 0. The molecule has 2 aliphatic heterocycles. The van der Waals surface area contributed by atoms with Gasteiger partial charge in [0, 0.05) is 19.1 Å². The van der Waals surface area contributed by atoms with Gasteiger partial charge in [-0.15, -0.1) is 0 Å². The first-order chi connectivity index (χ1) is 11.1. The van der Waals surface area contributed by atoms with Crippen LogP contribution in [0.3, 0.4) is 0 Å². The van der Waals surface area contributed by atoms with Crippen molar-refractivity contribution in [2.45, 2.75) is 51.7 Å². The second kappa shape index (κ2) is 7.78. The molecule has 0 saturated carbocycles. The quantitative estimate of drug-likeness (QED) is 0.904. The van der Waals surface area contributed by atoms with Crippen LogP contribution in [0.2, 0.25) is 0 Å². The highest BCUT2D eigenvalue weighted by Gasteiger charge is 2.29. The van der Waals surface area contributed by atoms with Crippen LogP contribution in [0.4, 0.5) is 0 Å². The molecule has 2 fully saturated rings. The molecule has 1 N–H and O–H groups in total. The fourth-order valence-corrected chi connectivity index (χ4v) is 4.15. The minimum absolute atomic E-state index is 0.365. The Hall–Kier alpha value is -0.900. The van der Waals surface area contributed by atoms with Crippen LogP contribution in [0.15, 0.2) is 24.3 Å². The van der Waals surface area contributed by atoms with Gasteiger partial charge in [0.1, 0.15) is 0 Å². The van der Waals surface area contributed by atoms with E-state index in [1.54, 1.807) is 0 Å². The van der Waals surface area contributed by atoms with E-state index in [1.165, 1.54) is 37.9 Å². The fraction of sp³-hybridized carbons (Fsp3) is 0.700. The lowest BCUT2D eigenvalue weighted by Crippen LogP contribution is -2.38. The third kappa shape index (κ3) is 4.56. The zero-order chi connectivity index (χ0) is 16.2. The third-order valence-corrected chi connectivity index (χ3v) is 5.33. The number of aliphatic hydroxyl groups excluding tert-OH is 1. The molecule has 2 saturated heterocycles. The van der Waals surface area contributed by atoms with Crippen LogP contribution < -0.4 is 0 Å². The minimum Gasteiger partial charge on any atom is -0.387 e. The van der Waals surface area contributed by atoms with Gasteiger partial charge in [-0.1, -0.05) is 38.1 Å². The molecule has 128 valence electrons. The third-order valence-electron chi connectivity index (χ3n) is 5.33. The van der Waals surface area contributed by atoms with E-state index < -0.39 is 0 Å². The SMILES string of the molecule is CC(C)Cc1ccc(C(O)CN2CCCN3CCCC3C2)cc1. The maximum Gasteiger partial charge on any atom is 0.0916 e. The molecule has 0 aliphatic carbocycles. The van der Waals surface area contributed by atoms with Crippen LogP contribution in [-0.4, -0.2) is 53.7 Å². The highest BCUT2D eigenvalue weighted by atomic mass is 16.3. The molecular formula is C20H32N2O. The number of aliphatic hydroxyl groups is 1. The van der Waals surface area contributed by atoms with Crippen molar-refractivity contribution in [1.29, 1.82) is 0 Å². The van der Waals surface area contributed by atoms with E-state index in [1.807, 2.05) is 0 Å². The first-order valence-corrected chi connectivity index (χ1v) is 9.35. The molecule has 3 rings (SSSR count). The smallest absolute Gasteiger partial charge is 0.0916 e. The summed E-state index contributed by atoms with van der Waals surface area (Å²) in [6.07, 6.45) is 4.65. The Morgan fingerprint density at radius 1 is 1.09 bits per heavy atom. The van der Waals surface area contributed by atoms with Crippen LogP contribution in [0, 0.1) is 5.92 Å². The highest BCUT2D eigenvalue weighted by Crippen LogP contribution is 2.23. The average Bonchev–Trinajstić information content (AvgIpc) is 2.86. The number of hydrogen-bond donors (Lipinski definition) is 1. The van der Waals surface area contributed by atoms with Gasteiger partial charge < -0.3 is 5.11 Å². The van der Waals surface area contributed by atoms with Crippen molar-refractivity contribution < 1.29 is 5.11 Å². The second-order valence-corrected chi connectivity index (χ2v) is 7.80. The van der Waals surface area contributed by atoms with E-state index in [0.717, 1.165) is 37.7 Å². The molecule has 2 atom stereocenters. The summed E-state index contributed by atoms with van der Waals surface area (Å²) in [7, 11) is 0. The Morgan fingerprint density at radius 3 is 2.57 bits per heavy atom. The lowest BCUT2D eigenvalue weighted by atomic mass is 10.00. The average molecular weight is 316 g/mol. The summed E-state index contributed by atoms with van der Waals surface area (Å²) in [5.41, 5.74) is 2.43. The van der Waals surface area contributed by atoms with Crippen molar-refractivity contribution in [3.8, 4) is 0 Å². The molecule has 0 spiro atoms. The normalized spacial score (nSPS) is 24.6. The maximum absolute atomic E-state index is 10.6. The minimum atomic E-state index is -0.365. The van der Waals surface area contributed by atoms with E-state index in [4.69, 9.17) is 0 Å². The van der Waals surface area contributed by atoms with Gasteiger partial charge >= 0.3 is 0 Å². The summed E-state index contributed by atoms with van der Waals surface area (Å²) in [5.74, 6) is 0.678. The molecule has 3 heteroatoms. The van der Waals surface area contributed by atoms with Crippen molar-refractivity contribution >= 4 is 0 Å². The van der Waals surface area contributed by atoms with E-state index >= 15 is 0 Å². The lowest BCUT2D eigenvalue weighted by Gasteiger charge is -2.27. The zero-order valence-corrected chi connectivity index (χ0v) is 14.7. The van der Waals surface area contributed by atoms with Crippen LogP contribution in [0.25, 0.3) is 0 Å². The first kappa shape index (κ1) is 16.9. The molecule has 1 aromatic rings. The maximum atomic E-state index is 10.6. The van der Waals surface area contributed by atoms with E-state index in [0.29, 0.717) is 5.92 Å². The zero-order valence-electron chi connectivity index (χ0n) is 14.7. The van der Waals surface area contributed by atoms with Crippen LogP contribution in [0.1, 0.15) is 50.3 Å². The van der Waals surface area contributed by atoms with Gasteiger partial charge in [-0.3, -0.25) is 9.80 Å². The second-order valence-electron chi connectivity index (χ2n) is 7.80.